The molecule has 2 atom stereocenters. The van der Waals surface area contributed by atoms with Crippen molar-refractivity contribution in [3.63, 3.8) is 0 Å². The number of nitrogens with one attached hydrogen (secondary N) is 1. The van der Waals surface area contributed by atoms with Crippen molar-refractivity contribution < 1.29 is 4.74 Å². The van der Waals surface area contributed by atoms with Crippen LogP contribution in [-0.2, 0) is 0 Å². The quantitative estimate of drug-likeness (QED) is 0.870. The predicted molar refractivity (Wildman–Crippen MR) is 74.0 cm³/mol. The molecular weight excluding hydrogens is 224 g/mol. The maximum absolute atomic E-state index is 5.27. The fourth-order valence-electron chi connectivity index (χ4n) is 2.86. The minimum Gasteiger partial charge on any atom is -0.495 e. The molecule has 2 rings (SSSR count). The van der Waals surface area contributed by atoms with Gasteiger partial charge in [0.1, 0.15) is 5.75 Å². The van der Waals surface area contributed by atoms with Crippen LogP contribution < -0.4 is 10.1 Å². The van der Waals surface area contributed by atoms with Crippen molar-refractivity contribution in [2.45, 2.75) is 45.1 Å². The zero-order valence-corrected chi connectivity index (χ0v) is 11.6. The van der Waals surface area contributed by atoms with Crippen molar-refractivity contribution in [3.8, 4) is 5.75 Å². The van der Waals surface area contributed by atoms with Crippen molar-refractivity contribution in [2.24, 2.45) is 5.92 Å². The van der Waals surface area contributed by atoms with Crippen molar-refractivity contribution in [3.05, 3.63) is 24.0 Å². The second-order valence-electron chi connectivity index (χ2n) is 5.52. The maximum Gasteiger partial charge on any atom is 0.137 e. The minimum atomic E-state index is 0.565. The van der Waals surface area contributed by atoms with Crippen LogP contribution in [0.2, 0.25) is 0 Å². The molecule has 1 saturated carbocycles. The smallest absolute Gasteiger partial charge is 0.137 e. The van der Waals surface area contributed by atoms with Crippen LogP contribution in [-0.4, -0.2) is 24.7 Å². The van der Waals surface area contributed by atoms with Gasteiger partial charge in [0.15, 0.2) is 0 Å². The van der Waals surface area contributed by atoms with Crippen LogP contribution in [0.4, 0.5) is 0 Å². The highest BCUT2D eigenvalue weighted by Crippen LogP contribution is 2.39. The van der Waals surface area contributed by atoms with E-state index in [2.05, 4.69) is 30.2 Å². The van der Waals surface area contributed by atoms with Crippen LogP contribution in [0.25, 0.3) is 0 Å². The molecular formula is C15H24N2O. The van der Waals surface area contributed by atoms with E-state index in [1.54, 1.807) is 13.3 Å². The second kappa shape index (κ2) is 6.19. The molecule has 3 heteroatoms. The van der Waals surface area contributed by atoms with E-state index in [0.29, 0.717) is 12.0 Å². The Morgan fingerprint density at radius 1 is 1.39 bits per heavy atom. The van der Waals surface area contributed by atoms with Gasteiger partial charge < -0.3 is 10.1 Å². The van der Waals surface area contributed by atoms with Crippen molar-refractivity contribution >= 4 is 0 Å². The van der Waals surface area contributed by atoms with Crippen LogP contribution in [0, 0.1) is 5.92 Å². The topological polar surface area (TPSA) is 34.1 Å². The van der Waals surface area contributed by atoms with Gasteiger partial charge in [-0.25, -0.2) is 0 Å². The molecule has 1 aliphatic carbocycles. The Labute approximate surface area is 110 Å². The summed E-state index contributed by atoms with van der Waals surface area (Å²) >= 11 is 0. The molecule has 0 saturated heterocycles. The number of aromatic nitrogens is 1. The summed E-state index contributed by atoms with van der Waals surface area (Å²) in [5.41, 5.74) is 1.34. The summed E-state index contributed by atoms with van der Waals surface area (Å²) < 4.78 is 5.27. The fourth-order valence-corrected chi connectivity index (χ4v) is 2.86. The van der Waals surface area contributed by atoms with Crippen molar-refractivity contribution in [1.82, 2.24) is 10.3 Å². The average molecular weight is 248 g/mol. The molecule has 1 fully saturated rings. The molecule has 1 aromatic rings. The molecule has 3 nitrogen and oxygen atoms in total. The molecule has 0 radical (unpaired) electrons. The molecule has 0 bridgehead atoms. The molecule has 0 spiro atoms. The molecule has 100 valence electrons. The maximum atomic E-state index is 5.27. The lowest BCUT2D eigenvalue weighted by Crippen LogP contribution is -2.30. The zero-order valence-electron chi connectivity index (χ0n) is 11.6. The number of nitrogens with zero attached hydrogens (tertiary/aromatic N) is 1. The molecule has 0 aliphatic heterocycles. The van der Waals surface area contributed by atoms with E-state index in [4.69, 9.17) is 4.74 Å². The summed E-state index contributed by atoms with van der Waals surface area (Å²) in [5.74, 6) is 2.25. The Kier molecular flexibility index (Phi) is 4.59. The van der Waals surface area contributed by atoms with Crippen molar-refractivity contribution in [1.29, 1.82) is 0 Å². The first-order valence-electron chi connectivity index (χ1n) is 6.93. The first kappa shape index (κ1) is 13.3. The van der Waals surface area contributed by atoms with Crippen LogP contribution in [0.5, 0.6) is 5.75 Å². The van der Waals surface area contributed by atoms with Gasteiger partial charge in [0.25, 0.3) is 0 Å². The number of hydrogen-bond acceptors (Lipinski definition) is 3. The summed E-state index contributed by atoms with van der Waals surface area (Å²) in [6.07, 6.45) is 7.70. The summed E-state index contributed by atoms with van der Waals surface area (Å²) in [4.78, 5) is 4.28. The molecule has 2 unspecified atom stereocenters. The highest BCUT2D eigenvalue weighted by molar-refractivity contribution is 5.27. The number of hydrogen-bond donors (Lipinski definition) is 1. The van der Waals surface area contributed by atoms with Crippen LogP contribution >= 0.6 is 0 Å². The SMILES string of the molecule is COc1cncc(C2CCCC2CNC(C)C)c1. The van der Waals surface area contributed by atoms with E-state index in [1.165, 1.54) is 24.8 Å². The highest BCUT2D eigenvalue weighted by atomic mass is 16.5. The Morgan fingerprint density at radius 2 is 2.22 bits per heavy atom. The lowest BCUT2D eigenvalue weighted by Gasteiger charge is -2.21. The summed E-state index contributed by atoms with van der Waals surface area (Å²) in [6.45, 7) is 5.52. The van der Waals surface area contributed by atoms with E-state index < -0.39 is 0 Å². The largest absolute Gasteiger partial charge is 0.495 e. The first-order chi connectivity index (χ1) is 8.70. The molecule has 0 aromatic carbocycles. The Balaban J connectivity index is 2.05. The fraction of sp³-hybridized carbons (Fsp3) is 0.667. The summed E-state index contributed by atoms with van der Waals surface area (Å²) in [6, 6.07) is 2.71. The van der Waals surface area contributed by atoms with E-state index in [0.717, 1.165) is 18.2 Å². The third-order valence-electron chi connectivity index (χ3n) is 3.85. The monoisotopic (exact) mass is 248 g/mol. The van der Waals surface area contributed by atoms with Crippen molar-refractivity contribution in [2.75, 3.05) is 13.7 Å². The third kappa shape index (κ3) is 3.22. The number of rotatable bonds is 5. The number of pyridine rings is 1. The molecule has 0 amide bonds. The third-order valence-corrected chi connectivity index (χ3v) is 3.85. The molecule has 1 N–H and O–H groups in total. The van der Waals surface area contributed by atoms with E-state index >= 15 is 0 Å². The zero-order chi connectivity index (χ0) is 13.0. The number of ether oxygens (including phenoxy) is 1. The van der Waals surface area contributed by atoms with E-state index in [9.17, 15) is 0 Å². The lowest BCUT2D eigenvalue weighted by molar-refractivity contribution is 0.404. The second-order valence-corrected chi connectivity index (χ2v) is 5.52. The van der Waals surface area contributed by atoms with Gasteiger partial charge in [-0.05, 0) is 42.9 Å². The molecule has 1 aliphatic rings. The number of methoxy groups -OCH3 is 1. The van der Waals surface area contributed by atoms with Gasteiger partial charge in [0, 0.05) is 12.2 Å². The standard InChI is InChI=1S/C15H24N2O/c1-11(2)17-9-12-5-4-6-15(12)13-7-14(18-3)10-16-8-13/h7-8,10-12,15,17H,4-6,9H2,1-3H3. The Morgan fingerprint density at radius 3 is 2.94 bits per heavy atom. The van der Waals surface area contributed by atoms with Crippen LogP contribution in [0.15, 0.2) is 18.5 Å². The van der Waals surface area contributed by atoms with Gasteiger partial charge in [-0.2, -0.15) is 0 Å². The van der Waals surface area contributed by atoms with E-state index in [-0.39, 0.29) is 0 Å². The van der Waals surface area contributed by atoms with Crippen LogP contribution in [0.3, 0.4) is 0 Å². The predicted octanol–water partition coefficient (Wildman–Crippen LogP) is 2.97. The Hall–Kier alpha value is -1.09. The first-order valence-corrected chi connectivity index (χ1v) is 6.93. The van der Waals surface area contributed by atoms with Gasteiger partial charge in [0.2, 0.25) is 0 Å². The van der Waals surface area contributed by atoms with Gasteiger partial charge in [-0.15, -0.1) is 0 Å². The Bertz CT molecular complexity index is 379. The van der Waals surface area contributed by atoms with Gasteiger partial charge in [-0.3, -0.25) is 4.98 Å². The molecule has 18 heavy (non-hydrogen) atoms. The summed E-state index contributed by atoms with van der Waals surface area (Å²) in [5, 5.41) is 3.56. The highest BCUT2D eigenvalue weighted by Gasteiger charge is 2.28. The van der Waals surface area contributed by atoms with Gasteiger partial charge in [-0.1, -0.05) is 20.3 Å². The molecule has 1 aromatic heterocycles. The summed E-state index contributed by atoms with van der Waals surface area (Å²) in [7, 11) is 1.70. The minimum absolute atomic E-state index is 0.565. The lowest BCUT2D eigenvalue weighted by atomic mass is 9.89. The molecule has 1 heterocycles. The normalized spacial score (nSPS) is 23.6. The average Bonchev–Trinajstić information content (AvgIpc) is 2.84. The van der Waals surface area contributed by atoms with Gasteiger partial charge in [0.05, 0.1) is 13.3 Å². The van der Waals surface area contributed by atoms with E-state index in [1.807, 2.05) is 6.20 Å². The van der Waals surface area contributed by atoms with Gasteiger partial charge >= 0.3 is 0 Å². The van der Waals surface area contributed by atoms with Crippen LogP contribution in [0.1, 0.15) is 44.6 Å².